The van der Waals surface area contributed by atoms with Gasteiger partial charge in [-0.1, -0.05) is 24.3 Å². The third-order valence-electron chi connectivity index (χ3n) is 10.9. The van der Waals surface area contributed by atoms with Crippen molar-refractivity contribution in [1.82, 2.24) is 29.3 Å². The summed E-state index contributed by atoms with van der Waals surface area (Å²) in [7, 11) is 0. The van der Waals surface area contributed by atoms with Crippen molar-refractivity contribution in [2.45, 2.75) is 52.3 Å². The molecule has 0 unspecified atom stereocenters. The van der Waals surface area contributed by atoms with Gasteiger partial charge >= 0.3 is 5.97 Å². The van der Waals surface area contributed by atoms with Crippen molar-refractivity contribution >= 4 is 39.5 Å². The number of oxazole rings is 1. The Labute approximate surface area is 306 Å². The molecule has 0 radical (unpaired) electrons. The lowest BCUT2D eigenvalue weighted by molar-refractivity contribution is -0.143. The number of carbonyl (C=O) groups is 1. The maximum Gasteiger partial charge on any atom is 0.306 e. The van der Waals surface area contributed by atoms with E-state index in [0.717, 1.165) is 69.5 Å². The molecule has 0 aliphatic carbocycles. The first-order valence-electron chi connectivity index (χ1n) is 18.3. The maximum atomic E-state index is 13.5. The number of anilines is 2. The Bertz CT molecular complexity index is 2380. The number of aliphatic carboxylic acids is 1. The van der Waals surface area contributed by atoms with Gasteiger partial charge in [0, 0.05) is 68.0 Å². The van der Waals surface area contributed by atoms with E-state index in [9.17, 15) is 19.8 Å². The lowest BCUT2D eigenvalue weighted by atomic mass is 9.93. The molecule has 53 heavy (non-hydrogen) atoms. The van der Waals surface area contributed by atoms with Crippen molar-refractivity contribution in [3.8, 4) is 22.6 Å². The monoisotopic (exact) mass is 713 g/mol. The van der Waals surface area contributed by atoms with E-state index in [1.165, 1.54) is 0 Å². The molecule has 12 nitrogen and oxygen atoms in total. The highest BCUT2D eigenvalue weighted by molar-refractivity contribution is 5.91. The summed E-state index contributed by atoms with van der Waals surface area (Å²) in [6.45, 7) is 9.03. The molecule has 2 aliphatic heterocycles. The molecular formula is C41H43N7O5. The fourth-order valence-electron chi connectivity index (χ4n) is 7.75. The van der Waals surface area contributed by atoms with Crippen LogP contribution in [-0.4, -0.2) is 84.3 Å². The van der Waals surface area contributed by atoms with Crippen molar-refractivity contribution in [2.24, 2.45) is 5.92 Å². The van der Waals surface area contributed by atoms with E-state index in [1.54, 1.807) is 23.0 Å². The Morgan fingerprint density at radius 2 is 1.66 bits per heavy atom. The van der Waals surface area contributed by atoms with Crippen LogP contribution >= 0.6 is 0 Å². The number of rotatable bonds is 10. The highest BCUT2D eigenvalue weighted by atomic mass is 16.4. The van der Waals surface area contributed by atoms with E-state index >= 15 is 0 Å². The van der Waals surface area contributed by atoms with Gasteiger partial charge in [-0.05, 0) is 104 Å². The third kappa shape index (κ3) is 7.05. The van der Waals surface area contributed by atoms with Crippen molar-refractivity contribution < 1.29 is 19.4 Å². The molecule has 272 valence electrons. The van der Waals surface area contributed by atoms with Crippen LogP contribution in [0, 0.1) is 19.8 Å². The van der Waals surface area contributed by atoms with Crippen LogP contribution in [0.4, 0.5) is 11.5 Å². The zero-order valence-electron chi connectivity index (χ0n) is 30.0. The number of benzene rings is 2. The van der Waals surface area contributed by atoms with E-state index in [1.807, 2.05) is 43.5 Å². The topological polar surface area (TPSA) is 150 Å². The number of carboxylic acid groups (broad SMARTS) is 1. The molecule has 0 amide bonds. The number of aliphatic hydroxyl groups excluding tert-OH is 1. The number of aromatic nitrogens is 4. The molecule has 2 fully saturated rings. The SMILES string of the molecule is Cc1c(Nc2nccc3cc(CN4CC[C@@H](O)C4)cnc23)cccc1-c1cccc(-c2nc3c(=O)n(CCN4CCC(C(=O)O)CC4)ccc3o2)c1C. The van der Waals surface area contributed by atoms with Gasteiger partial charge in [0.15, 0.2) is 16.9 Å². The van der Waals surface area contributed by atoms with Gasteiger partial charge < -0.3 is 29.4 Å². The van der Waals surface area contributed by atoms with E-state index in [-0.39, 0.29) is 23.1 Å². The molecule has 8 rings (SSSR count). The number of piperidine rings is 1. The van der Waals surface area contributed by atoms with Crippen molar-refractivity contribution in [3.63, 3.8) is 0 Å². The summed E-state index contributed by atoms with van der Waals surface area (Å²) in [6.07, 6.45) is 7.24. The smallest absolute Gasteiger partial charge is 0.306 e. The number of β-amino-alcohol motifs (C(OH)–C–C–N with tert-alkyl or cyclic N) is 1. The van der Waals surface area contributed by atoms with Crippen LogP contribution in [0.1, 0.15) is 36.0 Å². The summed E-state index contributed by atoms with van der Waals surface area (Å²) < 4.78 is 7.84. The number of nitrogens with one attached hydrogen (secondary N) is 1. The number of hydrogen-bond donors (Lipinski definition) is 3. The molecule has 4 aromatic heterocycles. The van der Waals surface area contributed by atoms with Crippen LogP contribution in [0.3, 0.4) is 0 Å². The lowest BCUT2D eigenvalue weighted by Gasteiger charge is -2.30. The number of aliphatic hydroxyl groups is 1. The maximum absolute atomic E-state index is 13.5. The quantitative estimate of drug-likeness (QED) is 0.154. The predicted molar refractivity (Wildman–Crippen MR) is 204 cm³/mol. The van der Waals surface area contributed by atoms with E-state index in [0.29, 0.717) is 62.9 Å². The summed E-state index contributed by atoms with van der Waals surface area (Å²) >= 11 is 0. The first-order chi connectivity index (χ1) is 25.7. The van der Waals surface area contributed by atoms with Crippen LogP contribution in [0.15, 0.2) is 82.4 Å². The normalized spacial score (nSPS) is 17.2. The van der Waals surface area contributed by atoms with Gasteiger partial charge in [-0.25, -0.2) is 9.97 Å². The fourth-order valence-corrected chi connectivity index (χ4v) is 7.75. The first kappa shape index (κ1) is 34.6. The number of carboxylic acids is 1. The van der Waals surface area contributed by atoms with E-state index in [2.05, 4.69) is 45.2 Å². The molecule has 2 aromatic carbocycles. The minimum atomic E-state index is -0.729. The van der Waals surface area contributed by atoms with Crippen LogP contribution in [0.25, 0.3) is 44.6 Å². The molecule has 6 heterocycles. The summed E-state index contributed by atoms with van der Waals surface area (Å²) in [4.78, 5) is 43.4. The van der Waals surface area contributed by atoms with Crippen molar-refractivity contribution in [2.75, 3.05) is 38.0 Å². The second-order valence-electron chi connectivity index (χ2n) is 14.3. The Morgan fingerprint density at radius 1 is 0.906 bits per heavy atom. The summed E-state index contributed by atoms with van der Waals surface area (Å²) in [5.41, 5.74) is 8.23. The van der Waals surface area contributed by atoms with Crippen molar-refractivity contribution in [3.05, 3.63) is 100 Å². The number of nitrogens with zero attached hydrogens (tertiary/aromatic N) is 6. The van der Waals surface area contributed by atoms with Gasteiger partial charge in [0.1, 0.15) is 5.52 Å². The molecule has 2 saturated heterocycles. The van der Waals surface area contributed by atoms with Crippen molar-refractivity contribution in [1.29, 1.82) is 0 Å². The lowest BCUT2D eigenvalue weighted by Crippen LogP contribution is -2.39. The highest BCUT2D eigenvalue weighted by Gasteiger charge is 2.25. The summed E-state index contributed by atoms with van der Waals surface area (Å²) in [5, 5.41) is 23.8. The molecule has 12 heteroatoms. The molecule has 3 N–H and O–H groups in total. The van der Waals surface area contributed by atoms with Gasteiger partial charge in [0.2, 0.25) is 5.89 Å². The van der Waals surface area contributed by atoms with Crippen LogP contribution in [0.5, 0.6) is 0 Å². The first-order valence-corrected chi connectivity index (χ1v) is 18.3. The van der Waals surface area contributed by atoms with Gasteiger partial charge in [-0.15, -0.1) is 0 Å². The zero-order valence-corrected chi connectivity index (χ0v) is 30.0. The van der Waals surface area contributed by atoms with Crippen LogP contribution in [0.2, 0.25) is 0 Å². The van der Waals surface area contributed by atoms with E-state index < -0.39 is 5.97 Å². The molecule has 2 aliphatic rings. The minimum absolute atomic E-state index is 0.208. The largest absolute Gasteiger partial charge is 0.481 e. The van der Waals surface area contributed by atoms with Crippen LogP contribution < -0.4 is 10.9 Å². The summed E-state index contributed by atoms with van der Waals surface area (Å²) in [5.74, 6) is 0.0551. The summed E-state index contributed by atoms with van der Waals surface area (Å²) in [6, 6.07) is 18.1. The van der Waals surface area contributed by atoms with Gasteiger partial charge in [-0.3, -0.25) is 19.5 Å². The predicted octanol–water partition coefficient (Wildman–Crippen LogP) is 5.99. The van der Waals surface area contributed by atoms with Gasteiger partial charge in [-0.2, -0.15) is 0 Å². The highest BCUT2D eigenvalue weighted by Crippen LogP contribution is 2.37. The van der Waals surface area contributed by atoms with Gasteiger partial charge in [0.05, 0.1) is 12.0 Å². The standard InChI is InChI=1S/C41H43N7O5/c1-25-31(5-3-7-33(25)39-45-37-35(53-39)13-18-48(40(37)50)20-19-46-15-10-28(11-16-46)41(51)52)32-6-4-8-34(26(32)2)44-38-36-29(9-14-42-38)21-27(22-43-36)23-47-17-12-30(49)24-47/h3-9,13-14,18,21-22,28,30,49H,10-12,15-17,19-20,23-24H2,1-2H3,(H,42,44)(H,51,52)/t30-/m1/s1. The second kappa shape index (κ2) is 14.5. The fraction of sp³-hybridized carbons (Fsp3) is 0.341. The molecule has 6 aromatic rings. The third-order valence-corrected chi connectivity index (χ3v) is 10.9. The Balaban J connectivity index is 1.02. The Morgan fingerprint density at radius 3 is 2.43 bits per heavy atom. The minimum Gasteiger partial charge on any atom is -0.481 e. The number of hydrogen-bond acceptors (Lipinski definition) is 10. The van der Waals surface area contributed by atoms with Crippen LogP contribution in [-0.2, 0) is 17.9 Å². The molecule has 1 atom stereocenters. The molecule has 0 saturated carbocycles. The zero-order chi connectivity index (χ0) is 36.6. The Kier molecular flexibility index (Phi) is 9.50. The molecular weight excluding hydrogens is 670 g/mol. The molecule has 0 bridgehead atoms. The number of likely N-dealkylation sites (tertiary alicyclic amines) is 2. The average molecular weight is 714 g/mol. The Hall–Kier alpha value is -5.43. The average Bonchev–Trinajstić information content (AvgIpc) is 3.79. The second-order valence-corrected chi connectivity index (χ2v) is 14.3. The molecule has 0 spiro atoms. The number of pyridine rings is 3. The van der Waals surface area contributed by atoms with E-state index in [4.69, 9.17) is 14.4 Å². The van der Waals surface area contributed by atoms with Gasteiger partial charge in [0.25, 0.3) is 5.56 Å². The number of fused-ring (bicyclic) bond motifs is 2.